The topological polar surface area (TPSA) is 77.0 Å². The van der Waals surface area contributed by atoms with E-state index in [-0.39, 0.29) is 22.9 Å². The smallest absolute Gasteiger partial charge is 0.253 e. The molecule has 33 heavy (non-hydrogen) atoms. The van der Waals surface area contributed by atoms with Crippen LogP contribution in [0.1, 0.15) is 54.9 Å². The number of fused-ring (bicyclic) bond motifs is 1. The van der Waals surface area contributed by atoms with Crippen LogP contribution in [0.4, 0.5) is 4.39 Å². The summed E-state index contributed by atoms with van der Waals surface area (Å²) in [4.78, 5) is 19.1. The molecular formula is C24H23ClFN5O2. The number of piperidine rings is 1. The van der Waals surface area contributed by atoms with Crippen LogP contribution in [-0.4, -0.2) is 43.8 Å². The Kier molecular flexibility index (Phi) is 5.62. The van der Waals surface area contributed by atoms with Crippen molar-refractivity contribution in [3.8, 4) is 11.4 Å². The van der Waals surface area contributed by atoms with Gasteiger partial charge in [0.25, 0.3) is 5.91 Å². The zero-order valence-electron chi connectivity index (χ0n) is 18.3. The number of rotatable bonds is 4. The van der Waals surface area contributed by atoms with Gasteiger partial charge in [0.05, 0.1) is 16.7 Å². The first kappa shape index (κ1) is 21.6. The van der Waals surface area contributed by atoms with Gasteiger partial charge in [-0.05, 0) is 51.0 Å². The van der Waals surface area contributed by atoms with Crippen molar-refractivity contribution >= 4 is 28.4 Å². The molecule has 0 saturated carbocycles. The summed E-state index contributed by atoms with van der Waals surface area (Å²) in [5.74, 6) is 0.392. The second-order valence-electron chi connectivity index (χ2n) is 8.61. The number of likely N-dealkylation sites (tertiary alicyclic amines) is 1. The Morgan fingerprint density at radius 2 is 1.97 bits per heavy atom. The first-order chi connectivity index (χ1) is 15.9. The van der Waals surface area contributed by atoms with E-state index in [4.69, 9.17) is 16.1 Å². The number of hydrogen-bond donors (Lipinski definition) is 0. The number of carbonyl (C=O) groups excluding carboxylic acids is 1. The molecule has 2 aromatic heterocycles. The van der Waals surface area contributed by atoms with Crippen molar-refractivity contribution in [3.05, 3.63) is 64.9 Å². The van der Waals surface area contributed by atoms with Gasteiger partial charge in [-0.25, -0.2) is 4.39 Å². The van der Waals surface area contributed by atoms with Crippen molar-refractivity contribution in [2.45, 2.75) is 38.6 Å². The lowest BCUT2D eigenvalue weighted by Gasteiger charge is -2.30. The molecule has 4 aromatic rings. The molecule has 7 nitrogen and oxygen atoms in total. The maximum Gasteiger partial charge on any atom is 0.253 e. The summed E-state index contributed by atoms with van der Waals surface area (Å²) in [6.45, 7) is 5.24. The van der Waals surface area contributed by atoms with Gasteiger partial charge in [-0.1, -0.05) is 28.9 Å². The molecule has 1 amide bonds. The number of hydrogen-bond acceptors (Lipinski definition) is 5. The van der Waals surface area contributed by atoms with Crippen molar-refractivity contribution in [2.75, 3.05) is 13.1 Å². The highest BCUT2D eigenvalue weighted by atomic mass is 35.5. The fourth-order valence-corrected chi connectivity index (χ4v) is 4.37. The quantitative estimate of drug-likeness (QED) is 0.397. The lowest BCUT2D eigenvalue weighted by Crippen LogP contribution is -2.38. The summed E-state index contributed by atoms with van der Waals surface area (Å²) < 4.78 is 21.3. The van der Waals surface area contributed by atoms with Crippen LogP contribution >= 0.6 is 11.6 Å². The number of aromatic nitrogens is 4. The second kappa shape index (κ2) is 8.59. The number of benzene rings is 2. The molecule has 2 aromatic carbocycles. The highest BCUT2D eigenvalue weighted by Crippen LogP contribution is 2.30. The van der Waals surface area contributed by atoms with Crippen LogP contribution in [-0.2, 0) is 0 Å². The minimum atomic E-state index is -0.592. The zero-order chi connectivity index (χ0) is 23.1. The van der Waals surface area contributed by atoms with Gasteiger partial charge in [-0.2, -0.15) is 10.1 Å². The molecule has 1 aliphatic rings. The summed E-state index contributed by atoms with van der Waals surface area (Å²) in [5, 5.41) is 9.72. The van der Waals surface area contributed by atoms with Gasteiger partial charge in [0.15, 0.2) is 0 Å². The molecule has 0 N–H and O–H groups in total. The van der Waals surface area contributed by atoms with E-state index in [1.807, 2.05) is 29.1 Å². The minimum absolute atomic E-state index is 0.00488. The molecule has 1 fully saturated rings. The molecule has 170 valence electrons. The second-order valence-corrected chi connectivity index (χ2v) is 9.02. The van der Waals surface area contributed by atoms with Gasteiger partial charge in [0.2, 0.25) is 11.7 Å². The lowest BCUT2D eigenvalue weighted by molar-refractivity contribution is 0.0704. The van der Waals surface area contributed by atoms with Gasteiger partial charge < -0.3 is 9.42 Å². The largest absolute Gasteiger partial charge is 0.339 e. The molecule has 3 heterocycles. The summed E-state index contributed by atoms with van der Waals surface area (Å²) in [5.41, 5.74) is 2.20. The van der Waals surface area contributed by atoms with Crippen LogP contribution in [0.2, 0.25) is 5.02 Å². The molecule has 9 heteroatoms. The van der Waals surface area contributed by atoms with Gasteiger partial charge in [-0.15, -0.1) is 0 Å². The number of carbonyl (C=O) groups is 1. The predicted octanol–water partition coefficient (Wildman–Crippen LogP) is 5.48. The van der Waals surface area contributed by atoms with E-state index in [0.717, 1.165) is 16.5 Å². The van der Waals surface area contributed by atoms with E-state index < -0.39 is 5.82 Å². The number of nitrogens with zero attached hydrogens (tertiary/aromatic N) is 5. The van der Waals surface area contributed by atoms with Crippen molar-refractivity contribution in [1.29, 1.82) is 0 Å². The maximum absolute atomic E-state index is 13.7. The molecule has 0 spiro atoms. The third-order valence-electron chi connectivity index (χ3n) is 6.09. The van der Waals surface area contributed by atoms with Crippen LogP contribution < -0.4 is 0 Å². The summed E-state index contributed by atoms with van der Waals surface area (Å²) in [7, 11) is 0. The van der Waals surface area contributed by atoms with E-state index in [9.17, 15) is 9.18 Å². The van der Waals surface area contributed by atoms with Gasteiger partial charge in [-0.3, -0.25) is 9.48 Å². The molecular weight excluding hydrogens is 445 g/mol. The summed E-state index contributed by atoms with van der Waals surface area (Å²) in [6.07, 6.45) is 3.25. The fourth-order valence-electron chi connectivity index (χ4n) is 4.25. The minimum Gasteiger partial charge on any atom is -0.339 e. The summed E-state index contributed by atoms with van der Waals surface area (Å²) in [6, 6.07) is 10.4. The average molecular weight is 468 g/mol. The molecule has 1 saturated heterocycles. The third-order valence-corrected chi connectivity index (χ3v) is 6.39. The van der Waals surface area contributed by atoms with E-state index in [1.54, 1.807) is 11.0 Å². The first-order valence-electron chi connectivity index (χ1n) is 11.0. The van der Waals surface area contributed by atoms with Crippen LogP contribution in [0, 0.1) is 5.82 Å². The van der Waals surface area contributed by atoms with Crippen LogP contribution in [0.3, 0.4) is 0 Å². The average Bonchev–Trinajstić information content (AvgIpc) is 3.47. The molecule has 0 aliphatic carbocycles. The SMILES string of the molecule is CC(C)n1ncc2ccc(-c3noc(C4CCN(C(=O)c5ccc(Cl)c(F)c5)CC4)n3)cc21. The van der Waals surface area contributed by atoms with E-state index in [1.165, 1.54) is 12.1 Å². The standard InChI is InChI=1S/C24H23ClFN5O2/c1-14(2)31-21-12-16(3-4-18(21)13-27-31)22-28-23(33-29-22)15-7-9-30(10-8-15)24(32)17-5-6-19(25)20(26)11-17/h3-6,11-15H,7-10H2,1-2H3. The van der Waals surface area contributed by atoms with E-state index in [0.29, 0.717) is 43.2 Å². The Bertz CT molecular complexity index is 1320. The number of halogens is 2. The highest BCUT2D eigenvalue weighted by molar-refractivity contribution is 6.30. The van der Waals surface area contributed by atoms with E-state index in [2.05, 4.69) is 29.1 Å². The fraction of sp³-hybridized carbons (Fsp3) is 0.333. The monoisotopic (exact) mass is 467 g/mol. The Hall–Kier alpha value is -3.26. The normalized spacial score (nSPS) is 15.0. The molecule has 0 atom stereocenters. The van der Waals surface area contributed by atoms with Crippen LogP contribution in [0.15, 0.2) is 47.1 Å². The Morgan fingerprint density at radius 1 is 1.18 bits per heavy atom. The first-order valence-corrected chi connectivity index (χ1v) is 11.3. The number of amides is 1. The third kappa shape index (κ3) is 4.11. The highest BCUT2D eigenvalue weighted by Gasteiger charge is 2.28. The van der Waals surface area contributed by atoms with Gasteiger partial charge in [0.1, 0.15) is 5.82 Å². The van der Waals surface area contributed by atoms with Gasteiger partial charge >= 0.3 is 0 Å². The molecule has 0 bridgehead atoms. The zero-order valence-corrected chi connectivity index (χ0v) is 19.1. The predicted molar refractivity (Wildman–Crippen MR) is 123 cm³/mol. The Labute approximate surface area is 195 Å². The van der Waals surface area contributed by atoms with Crippen LogP contribution in [0.25, 0.3) is 22.3 Å². The molecule has 5 rings (SSSR count). The van der Waals surface area contributed by atoms with Gasteiger partial charge in [0, 0.05) is 41.6 Å². The molecule has 0 unspecified atom stereocenters. The summed E-state index contributed by atoms with van der Waals surface area (Å²) >= 11 is 5.72. The van der Waals surface area contributed by atoms with Crippen molar-refractivity contribution < 1.29 is 13.7 Å². The molecule has 1 aliphatic heterocycles. The Balaban J connectivity index is 1.28. The molecule has 0 radical (unpaired) electrons. The Morgan fingerprint density at radius 3 is 2.70 bits per heavy atom. The van der Waals surface area contributed by atoms with Crippen molar-refractivity contribution in [1.82, 2.24) is 24.8 Å². The lowest BCUT2D eigenvalue weighted by atomic mass is 9.96. The van der Waals surface area contributed by atoms with Crippen molar-refractivity contribution in [2.24, 2.45) is 0 Å². The maximum atomic E-state index is 13.7. The van der Waals surface area contributed by atoms with Crippen molar-refractivity contribution in [3.63, 3.8) is 0 Å². The van der Waals surface area contributed by atoms with Crippen LogP contribution in [0.5, 0.6) is 0 Å². The van der Waals surface area contributed by atoms with E-state index >= 15 is 0 Å².